The summed E-state index contributed by atoms with van der Waals surface area (Å²) in [6, 6.07) is 6.47. The average Bonchev–Trinajstić information content (AvgIpc) is 3.06. The molecule has 1 amide bonds. The normalized spacial score (nSPS) is 12.6. The molecule has 28 heavy (non-hydrogen) atoms. The van der Waals surface area contributed by atoms with Crippen LogP contribution < -0.4 is 14.4 Å². The summed E-state index contributed by atoms with van der Waals surface area (Å²) in [7, 11) is -1.86. The van der Waals surface area contributed by atoms with Gasteiger partial charge in [-0.15, -0.1) is 10.2 Å². The lowest BCUT2D eigenvalue weighted by Gasteiger charge is -2.18. The van der Waals surface area contributed by atoms with E-state index in [1.165, 1.54) is 18.4 Å². The van der Waals surface area contributed by atoms with E-state index in [0.717, 1.165) is 20.7 Å². The molecule has 0 spiro atoms. The molecule has 8 nitrogen and oxygen atoms in total. The zero-order valence-electron chi connectivity index (χ0n) is 16.4. The van der Waals surface area contributed by atoms with Crippen molar-refractivity contribution in [3.8, 4) is 5.75 Å². The number of carbonyl (C=O) groups is 1. The van der Waals surface area contributed by atoms with Gasteiger partial charge in [0.25, 0.3) is 5.91 Å². The Bertz CT molecular complexity index is 897. The van der Waals surface area contributed by atoms with Crippen molar-refractivity contribution < 1.29 is 17.9 Å². The van der Waals surface area contributed by atoms with Crippen LogP contribution in [-0.2, 0) is 14.8 Å². The Kier molecular flexibility index (Phi) is 7.67. The molecule has 0 saturated heterocycles. The minimum atomic E-state index is -3.33. The van der Waals surface area contributed by atoms with Gasteiger partial charge in [0.15, 0.2) is 10.4 Å². The summed E-state index contributed by atoms with van der Waals surface area (Å²) in [5.74, 6) is 1.60. The number of hydrogen-bond acceptors (Lipinski definition) is 8. The zero-order valence-corrected chi connectivity index (χ0v) is 18.8. The van der Waals surface area contributed by atoms with Crippen LogP contribution in [0.1, 0.15) is 20.8 Å². The van der Waals surface area contributed by atoms with Crippen molar-refractivity contribution in [1.29, 1.82) is 0 Å². The van der Waals surface area contributed by atoms with Crippen LogP contribution in [0.25, 0.3) is 0 Å². The minimum absolute atomic E-state index is 0.339. The fourth-order valence-corrected chi connectivity index (χ4v) is 4.18. The van der Waals surface area contributed by atoms with E-state index < -0.39 is 16.1 Å². The monoisotopic (exact) mass is 444 g/mol. The second-order valence-corrected chi connectivity index (χ2v) is 10.8. The van der Waals surface area contributed by atoms with E-state index in [-0.39, 0.29) is 5.91 Å². The highest BCUT2D eigenvalue weighted by Crippen LogP contribution is 2.27. The van der Waals surface area contributed by atoms with Gasteiger partial charge in [0.05, 0.1) is 11.9 Å². The molecule has 1 heterocycles. The molecular formula is C17H24N4O4S3. The third-order valence-corrected chi connectivity index (χ3v) is 7.16. The third-order valence-electron chi connectivity index (χ3n) is 3.56. The van der Waals surface area contributed by atoms with Gasteiger partial charge in [0.2, 0.25) is 15.2 Å². The molecule has 2 aromatic rings. The number of amides is 1. The standard InChI is InChI=1S/C17H24N4O4S3/c1-11(2)10-26-17-20-19-16(27-17)18-15(22)12(3)25-14-8-6-13(7-9-14)21(4)28(5,23)24/h6-9,11-12H,10H2,1-5H3,(H,18,19,22)/t12-/m1/s1. The summed E-state index contributed by atoms with van der Waals surface area (Å²) >= 11 is 2.93. The topological polar surface area (TPSA) is 101 Å². The van der Waals surface area contributed by atoms with Gasteiger partial charge in [0.1, 0.15) is 5.75 Å². The Morgan fingerprint density at radius 1 is 1.25 bits per heavy atom. The lowest BCUT2D eigenvalue weighted by atomic mass is 10.3. The molecule has 0 bridgehead atoms. The first-order valence-corrected chi connectivity index (χ1v) is 12.2. The first kappa shape index (κ1) is 22.4. The number of hydrogen-bond donors (Lipinski definition) is 1. The summed E-state index contributed by atoms with van der Waals surface area (Å²) in [6.07, 6.45) is 0.374. The smallest absolute Gasteiger partial charge is 0.266 e. The van der Waals surface area contributed by atoms with Gasteiger partial charge >= 0.3 is 0 Å². The highest BCUT2D eigenvalue weighted by molar-refractivity contribution is 8.01. The highest BCUT2D eigenvalue weighted by atomic mass is 32.2. The quantitative estimate of drug-likeness (QED) is 0.468. The number of rotatable bonds is 9. The van der Waals surface area contributed by atoms with E-state index in [9.17, 15) is 13.2 Å². The number of carbonyl (C=O) groups excluding carboxylic acids is 1. The van der Waals surface area contributed by atoms with Crippen molar-refractivity contribution in [2.24, 2.45) is 5.92 Å². The molecule has 0 radical (unpaired) electrons. The number of benzene rings is 1. The fraction of sp³-hybridized carbons (Fsp3) is 0.471. The molecule has 0 aliphatic heterocycles. The molecular weight excluding hydrogens is 420 g/mol. The van der Waals surface area contributed by atoms with Crippen molar-refractivity contribution in [2.45, 2.75) is 31.2 Å². The van der Waals surface area contributed by atoms with Crippen molar-refractivity contribution >= 4 is 49.8 Å². The molecule has 1 aromatic carbocycles. The molecule has 2 rings (SSSR count). The van der Waals surface area contributed by atoms with Crippen LogP contribution in [0.15, 0.2) is 28.6 Å². The van der Waals surface area contributed by atoms with Crippen LogP contribution in [0.5, 0.6) is 5.75 Å². The highest BCUT2D eigenvalue weighted by Gasteiger charge is 2.18. The van der Waals surface area contributed by atoms with Gasteiger partial charge in [-0.1, -0.05) is 36.9 Å². The predicted molar refractivity (Wildman–Crippen MR) is 114 cm³/mol. The molecule has 154 valence electrons. The van der Waals surface area contributed by atoms with Crippen LogP contribution in [0, 0.1) is 5.92 Å². The summed E-state index contributed by atoms with van der Waals surface area (Å²) < 4.78 is 30.7. The van der Waals surface area contributed by atoms with E-state index in [0.29, 0.717) is 22.5 Å². The number of sulfonamides is 1. The first-order valence-electron chi connectivity index (χ1n) is 8.54. The molecule has 0 aliphatic rings. The van der Waals surface area contributed by atoms with Crippen LogP contribution >= 0.6 is 23.1 Å². The van der Waals surface area contributed by atoms with Gasteiger partial charge in [0, 0.05) is 12.8 Å². The van der Waals surface area contributed by atoms with E-state index in [1.54, 1.807) is 43.0 Å². The number of ether oxygens (including phenoxy) is 1. The van der Waals surface area contributed by atoms with E-state index in [2.05, 4.69) is 29.4 Å². The lowest BCUT2D eigenvalue weighted by Crippen LogP contribution is -2.30. The second kappa shape index (κ2) is 9.57. The molecule has 0 saturated carbocycles. The van der Waals surface area contributed by atoms with Crippen molar-refractivity contribution in [3.63, 3.8) is 0 Å². The molecule has 11 heteroatoms. The Morgan fingerprint density at radius 2 is 1.89 bits per heavy atom. The molecule has 0 fully saturated rings. The molecule has 1 aromatic heterocycles. The maximum atomic E-state index is 12.3. The van der Waals surface area contributed by atoms with E-state index in [4.69, 9.17) is 4.74 Å². The van der Waals surface area contributed by atoms with E-state index in [1.807, 2.05) is 0 Å². The van der Waals surface area contributed by atoms with Crippen molar-refractivity contribution in [2.75, 3.05) is 28.7 Å². The van der Waals surface area contributed by atoms with Gasteiger partial charge in [-0.25, -0.2) is 8.42 Å². The zero-order chi connectivity index (χ0) is 20.9. The van der Waals surface area contributed by atoms with Gasteiger partial charge in [-0.05, 0) is 37.1 Å². The summed E-state index contributed by atoms with van der Waals surface area (Å²) in [6.45, 7) is 5.88. The molecule has 0 unspecified atom stereocenters. The average molecular weight is 445 g/mol. The number of nitrogens with one attached hydrogen (secondary N) is 1. The van der Waals surface area contributed by atoms with Gasteiger partial charge in [-0.3, -0.25) is 14.4 Å². The van der Waals surface area contributed by atoms with Crippen molar-refractivity contribution in [3.05, 3.63) is 24.3 Å². The number of anilines is 2. The first-order chi connectivity index (χ1) is 13.1. The third kappa shape index (κ3) is 6.64. The Hall–Kier alpha value is -1.85. The summed E-state index contributed by atoms with van der Waals surface area (Å²) in [5.41, 5.74) is 0.507. The Labute approximate surface area is 173 Å². The maximum absolute atomic E-state index is 12.3. The fourth-order valence-electron chi connectivity index (χ4n) is 1.95. The van der Waals surface area contributed by atoms with Gasteiger partial charge in [-0.2, -0.15) is 0 Å². The van der Waals surface area contributed by atoms with Crippen LogP contribution in [-0.4, -0.2) is 49.7 Å². The largest absolute Gasteiger partial charge is 0.481 e. The SMILES string of the molecule is CC(C)CSc1nnc(NC(=O)[C@@H](C)Oc2ccc(N(C)S(C)(=O)=O)cc2)s1. The summed E-state index contributed by atoms with van der Waals surface area (Å²) in [5, 5.41) is 11.2. The molecule has 1 N–H and O–H groups in total. The second-order valence-electron chi connectivity index (χ2n) is 6.55. The Balaban J connectivity index is 1.92. The van der Waals surface area contributed by atoms with E-state index >= 15 is 0 Å². The summed E-state index contributed by atoms with van der Waals surface area (Å²) in [4.78, 5) is 12.3. The number of nitrogens with zero attached hydrogens (tertiary/aromatic N) is 3. The molecule has 1 atom stereocenters. The maximum Gasteiger partial charge on any atom is 0.266 e. The van der Waals surface area contributed by atoms with Crippen molar-refractivity contribution in [1.82, 2.24) is 10.2 Å². The molecule has 0 aliphatic carbocycles. The lowest BCUT2D eigenvalue weighted by molar-refractivity contribution is -0.122. The van der Waals surface area contributed by atoms with Gasteiger partial charge < -0.3 is 4.74 Å². The number of aromatic nitrogens is 2. The van der Waals surface area contributed by atoms with Crippen LogP contribution in [0.2, 0.25) is 0 Å². The van der Waals surface area contributed by atoms with Crippen LogP contribution in [0.3, 0.4) is 0 Å². The van der Waals surface area contributed by atoms with Crippen LogP contribution in [0.4, 0.5) is 10.8 Å². The minimum Gasteiger partial charge on any atom is -0.481 e. The Morgan fingerprint density at radius 3 is 2.46 bits per heavy atom. The predicted octanol–water partition coefficient (Wildman–Crippen LogP) is 3.09. The number of thioether (sulfide) groups is 1.